The molecule has 0 aliphatic heterocycles. The summed E-state index contributed by atoms with van der Waals surface area (Å²) in [5.74, 6) is -1.05. The van der Waals surface area contributed by atoms with Crippen LogP contribution in [0.3, 0.4) is 0 Å². The van der Waals surface area contributed by atoms with E-state index >= 15 is 0 Å². The van der Waals surface area contributed by atoms with Crippen molar-refractivity contribution in [2.24, 2.45) is 0 Å². The molecule has 1 rings (SSSR count). The highest BCUT2D eigenvalue weighted by atomic mass is 16.4. The maximum atomic E-state index is 11.9. The molecule has 0 unspecified atom stereocenters. The van der Waals surface area contributed by atoms with Gasteiger partial charge in [-0.3, -0.25) is 9.59 Å². The molecule has 0 atom stereocenters. The fourth-order valence-electron chi connectivity index (χ4n) is 1.83. The number of hydrogen-bond acceptors (Lipinski definition) is 3. The van der Waals surface area contributed by atoms with Crippen molar-refractivity contribution in [1.82, 2.24) is 4.90 Å². The molecule has 1 aromatic carbocycles. The molecule has 2 N–H and O–H groups in total. The standard InChI is InChI=1S/C16H21NO4/c18-13-17(12-14-8-4-3-5-9-14)15(19)10-6-1-2-7-11-16(20)21/h3-6,8-10,18H,1-2,7,11-13H2,(H,20,21)/b10-6+. The minimum atomic E-state index is -0.802. The highest BCUT2D eigenvalue weighted by Crippen LogP contribution is 2.05. The van der Waals surface area contributed by atoms with E-state index < -0.39 is 5.97 Å². The normalized spacial score (nSPS) is 10.7. The fourth-order valence-corrected chi connectivity index (χ4v) is 1.83. The number of benzene rings is 1. The Kier molecular flexibility index (Phi) is 7.82. The molecule has 0 bridgehead atoms. The number of carboxylic acid groups (broad SMARTS) is 1. The number of nitrogens with zero attached hydrogens (tertiary/aromatic N) is 1. The summed E-state index contributed by atoms with van der Waals surface area (Å²) >= 11 is 0. The minimum absolute atomic E-state index is 0.151. The quantitative estimate of drug-likeness (QED) is 0.415. The Balaban J connectivity index is 2.35. The summed E-state index contributed by atoms with van der Waals surface area (Å²) in [5.41, 5.74) is 0.953. The molecule has 0 aromatic heterocycles. The maximum Gasteiger partial charge on any atom is 0.303 e. The van der Waals surface area contributed by atoms with E-state index in [0.717, 1.165) is 12.0 Å². The van der Waals surface area contributed by atoms with Gasteiger partial charge in [-0.2, -0.15) is 0 Å². The number of aliphatic carboxylic acids is 1. The second-order valence-corrected chi connectivity index (χ2v) is 4.71. The van der Waals surface area contributed by atoms with Gasteiger partial charge in [0, 0.05) is 13.0 Å². The van der Waals surface area contributed by atoms with Gasteiger partial charge in [-0.1, -0.05) is 36.4 Å². The summed E-state index contributed by atoms with van der Waals surface area (Å²) in [7, 11) is 0. The molecule has 5 nitrogen and oxygen atoms in total. The number of carboxylic acids is 1. The average molecular weight is 291 g/mol. The van der Waals surface area contributed by atoms with Gasteiger partial charge < -0.3 is 15.1 Å². The zero-order valence-corrected chi connectivity index (χ0v) is 11.9. The molecular formula is C16H21NO4. The predicted molar refractivity (Wildman–Crippen MR) is 79.3 cm³/mol. The van der Waals surface area contributed by atoms with Crippen molar-refractivity contribution in [3.63, 3.8) is 0 Å². The number of rotatable bonds is 9. The van der Waals surface area contributed by atoms with E-state index in [2.05, 4.69) is 0 Å². The molecule has 1 amide bonds. The second-order valence-electron chi connectivity index (χ2n) is 4.71. The van der Waals surface area contributed by atoms with Gasteiger partial charge in [-0.05, 0) is 30.9 Å². The van der Waals surface area contributed by atoms with Crippen LogP contribution in [0.1, 0.15) is 31.2 Å². The van der Waals surface area contributed by atoms with Crippen LogP contribution >= 0.6 is 0 Å². The van der Waals surface area contributed by atoms with Gasteiger partial charge >= 0.3 is 5.97 Å². The lowest BCUT2D eigenvalue weighted by Gasteiger charge is -2.18. The number of hydrogen-bond donors (Lipinski definition) is 2. The summed E-state index contributed by atoms with van der Waals surface area (Å²) in [6.45, 7) is 0.0244. The molecule has 5 heteroatoms. The third-order valence-corrected chi connectivity index (χ3v) is 2.97. The Morgan fingerprint density at radius 3 is 2.48 bits per heavy atom. The number of carbonyl (C=O) groups is 2. The fraction of sp³-hybridized carbons (Fsp3) is 0.375. The average Bonchev–Trinajstić information content (AvgIpc) is 2.48. The predicted octanol–water partition coefficient (Wildman–Crippen LogP) is 2.17. The molecular weight excluding hydrogens is 270 g/mol. The number of amides is 1. The summed E-state index contributed by atoms with van der Waals surface area (Å²) in [5, 5.41) is 17.8. The first-order valence-electron chi connectivity index (χ1n) is 6.95. The largest absolute Gasteiger partial charge is 0.481 e. The number of allylic oxidation sites excluding steroid dienone is 1. The third kappa shape index (κ3) is 7.27. The van der Waals surface area contributed by atoms with Crippen LogP contribution in [0.25, 0.3) is 0 Å². The summed E-state index contributed by atoms with van der Waals surface area (Å²) < 4.78 is 0. The van der Waals surface area contributed by atoms with E-state index in [-0.39, 0.29) is 19.1 Å². The number of aliphatic hydroxyl groups excluding tert-OH is 1. The lowest BCUT2D eigenvalue weighted by molar-refractivity contribution is -0.137. The van der Waals surface area contributed by atoms with E-state index in [4.69, 9.17) is 5.11 Å². The van der Waals surface area contributed by atoms with E-state index in [1.807, 2.05) is 30.3 Å². The van der Waals surface area contributed by atoms with Crippen LogP contribution < -0.4 is 0 Å². The molecule has 114 valence electrons. The van der Waals surface area contributed by atoms with E-state index in [9.17, 15) is 14.7 Å². The first kappa shape index (κ1) is 16.9. The maximum absolute atomic E-state index is 11.9. The van der Waals surface area contributed by atoms with Crippen molar-refractivity contribution in [3.8, 4) is 0 Å². The van der Waals surface area contributed by atoms with Gasteiger partial charge in [0.15, 0.2) is 0 Å². The van der Waals surface area contributed by atoms with Crippen molar-refractivity contribution < 1.29 is 19.8 Å². The highest BCUT2D eigenvalue weighted by molar-refractivity contribution is 5.87. The van der Waals surface area contributed by atoms with Gasteiger partial charge in [0.25, 0.3) is 0 Å². The van der Waals surface area contributed by atoms with Crippen molar-refractivity contribution in [1.29, 1.82) is 0 Å². The number of aliphatic hydroxyl groups is 1. The van der Waals surface area contributed by atoms with Gasteiger partial charge in [0.05, 0.1) is 0 Å². The van der Waals surface area contributed by atoms with Gasteiger partial charge in [0.1, 0.15) is 6.73 Å². The first-order chi connectivity index (χ1) is 10.1. The Morgan fingerprint density at radius 2 is 1.86 bits per heavy atom. The van der Waals surface area contributed by atoms with E-state index in [0.29, 0.717) is 19.4 Å². The molecule has 0 spiro atoms. The smallest absolute Gasteiger partial charge is 0.303 e. The first-order valence-corrected chi connectivity index (χ1v) is 6.95. The lowest BCUT2D eigenvalue weighted by atomic mass is 10.2. The Bertz CT molecular complexity index is 470. The molecule has 0 aliphatic rings. The Hall–Kier alpha value is -2.14. The van der Waals surface area contributed by atoms with Gasteiger partial charge in [-0.25, -0.2) is 0 Å². The highest BCUT2D eigenvalue weighted by Gasteiger charge is 2.09. The zero-order valence-electron chi connectivity index (χ0n) is 11.9. The Labute approximate surface area is 124 Å². The number of carbonyl (C=O) groups excluding carboxylic acids is 1. The van der Waals surface area contributed by atoms with Crippen LogP contribution in [-0.4, -0.2) is 33.7 Å². The topological polar surface area (TPSA) is 77.8 Å². The second kappa shape index (κ2) is 9.72. The van der Waals surface area contributed by atoms with Crippen LogP contribution in [-0.2, 0) is 16.1 Å². The van der Waals surface area contributed by atoms with Crippen LogP contribution in [0.4, 0.5) is 0 Å². The van der Waals surface area contributed by atoms with Gasteiger partial charge in [-0.15, -0.1) is 0 Å². The molecule has 0 radical (unpaired) electrons. The summed E-state index contributed by atoms with van der Waals surface area (Å²) in [4.78, 5) is 23.6. The van der Waals surface area contributed by atoms with Crippen LogP contribution in [0.15, 0.2) is 42.5 Å². The molecule has 21 heavy (non-hydrogen) atoms. The number of unbranched alkanes of at least 4 members (excludes halogenated alkanes) is 2. The van der Waals surface area contributed by atoms with Crippen LogP contribution in [0.5, 0.6) is 0 Å². The van der Waals surface area contributed by atoms with Crippen LogP contribution in [0, 0.1) is 0 Å². The monoisotopic (exact) mass is 291 g/mol. The summed E-state index contributed by atoms with van der Waals surface area (Å²) in [6, 6.07) is 9.45. The minimum Gasteiger partial charge on any atom is -0.481 e. The van der Waals surface area contributed by atoms with E-state index in [1.165, 1.54) is 11.0 Å². The van der Waals surface area contributed by atoms with Crippen LogP contribution in [0.2, 0.25) is 0 Å². The Morgan fingerprint density at radius 1 is 1.14 bits per heavy atom. The van der Waals surface area contributed by atoms with Gasteiger partial charge in [0.2, 0.25) is 5.91 Å². The third-order valence-electron chi connectivity index (χ3n) is 2.97. The molecule has 0 fully saturated rings. The molecule has 0 saturated carbocycles. The van der Waals surface area contributed by atoms with E-state index in [1.54, 1.807) is 6.08 Å². The van der Waals surface area contributed by atoms with Crippen molar-refractivity contribution in [2.75, 3.05) is 6.73 Å². The summed E-state index contributed by atoms with van der Waals surface area (Å²) in [6.07, 6.45) is 5.29. The molecule has 0 saturated heterocycles. The SMILES string of the molecule is O=C(O)CCCC/C=C/C(=O)N(CO)Cc1ccccc1. The molecule has 0 aliphatic carbocycles. The van der Waals surface area contributed by atoms with Crippen molar-refractivity contribution in [3.05, 3.63) is 48.0 Å². The lowest BCUT2D eigenvalue weighted by Crippen LogP contribution is -2.29. The molecule has 1 aromatic rings. The van der Waals surface area contributed by atoms with Crippen molar-refractivity contribution >= 4 is 11.9 Å². The van der Waals surface area contributed by atoms with Crippen molar-refractivity contribution in [2.45, 2.75) is 32.2 Å². The molecule has 0 heterocycles. The zero-order chi connectivity index (χ0) is 15.5.